The molecule has 1 aliphatic rings. The smallest absolute Gasteiger partial charge is 0.338 e. The summed E-state index contributed by atoms with van der Waals surface area (Å²) in [6.45, 7) is 2.19. The first-order chi connectivity index (χ1) is 20.8. The van der Waals surface area contributed by atoms with Crippen molar-refractivity contribution >= 4 is 63.7 Å². The highest BCUT2D eigenvalue weighted by atomic mass is 35.5. The predicted octanol–water partition coefficient (Wildman–Crippen LogP) is 6.69. The molecule has 0 aliphatic carbocycles. The molecule has 9 nitrogen and oxygen atoms in total. The number of esters is 1. The van der Waals surface area contributed by atoms with Crippen LogP contribution in [0.4, 0.5) is 28.4 Å². The van der Waals surface area contributed by atoms with E-state index in [1.54, 1.807) is 36.4 Å². The number of nitrogens with one attached hydrogen (secondary N) is 3. The first-order valence-electron chi connectivity index (χ1n) is 13.5. The molecule has 0 radical (unpaired) electrons. The van der Waals surface area contributed by atoms with Crippen LogP contribution in [0, 0.1) is 0 Å². The highest BCUT2D eigenvalue weighted by Gasteiger charge is 2.39. The van der Waals surface area contributed by atoms with E-state index in [0.717, 1.165) is 16.3 Å². The minimum Gasteiger partial charge on any atom is -0.462 e. The van der Waals surface area contributed by atoms with Gasteiger partial charge >= 0.3 is 5.97 Å². The highest BCUT2D eigenvalue weighted by Crippen LogP contribution is 2.30. The number of amides is 3. The lowest BCUT2D eigenvalue weighted by Crippen LogP contribution is -2.32. The highest BCUT2D eigenvalue weighted by molar-refractivity contribution is 6.53. The zero-order valence-corrected chi connectivity index (χ0v) is 23.9. The summed E-state index contributed by atoms with van der Waals surface area (Å²) in [5.41, 5.74) is 3.78. The molecule has 4 aromatic carbocycles. The van der Waals surface area contributed by atoms with E-state index >= 15 is 0 Å². The zero-order chi connectivity index (χ0) is 30.3. The second-order valence-corrected chi connectivity index (χ2v) is 9.92. The molecular weight excluding hydrogens is 568 g/mol. The Balaban J connectivity index is 1.20. The van der Waals surface area contributed by atoms with Gasteiger partial charge in [-0.1, -0.05) is 36.7 Å². The summed E-state index contributed by atoms with van der Waals surface area (Å²) < 4.78 is 5.11. The van der Waals surface area contributed by atoms with E-state index in [9.17, 15) is 19.2 Å². The number of ether oxygens (including phenoxy) is 1. The van der Waals surface area contributed by atoms with Gasteiger partial charge in [0.05, 0.1) is 17.9 Å². The number of imide groups is 1. The van der Waals surface area contributed by atoms with Crippen molar-refractivity contribution in [2.45, 2.75) is 13.3 Å². The number of anilines is 5. The minimum absolute atomic E-state index is 0.0977. The molecule has 3 N–H and O–H groups in total. The normalized spacial score (nSPS) is 12.7. The topological polar surface area (TPSA) is 117 Å². The van der Waals surface area contributed by atoms with E-state index in [1.807, 2.05) is 49.4 Å². The minimum atomic E-state index is -0.698. The molecular formula is C33H27ClN4O5. The third kappa shape index (κ3) is 6.74. The second-order valence-electron chi connectivity index (χ2n) is 9.54. The van der Waals surface area contributed by atoms with Crippen LogP contribution < -0.4 is 20.9 Å². The molecule has 0 bridgehead atoms. The number of hydrogen-bond acceptors (Lipinski definition) is 7. The predicted molar refractivity (Wildman–Crippen MR) is 167 cm³/mol. The van der Waals surface area contributed by atoms with Crippen molar-refractivity contribution in [1.82, 2.24) is 0 Å². The summed E-state index contributed by atoms with van der Waals surface area (Å²) in [6, 6.07) is 29.4. The van der Waals surface area contributed by atoms with Gasteiger partial charge in [-0.2, -0.15) is 0 Å². The molecule has 0 unspecified atom stereocenters. The van der Waals surface area contributed by atoms with Gasteiger partial charge in [-0.15, -0.1) is 0 Å². The molecule has 0 saturated carbocycles. The van der Waals surface area contributed by atoms with Crippen molar-refractivity contribution in [3.8, 4) is 0 Å². The lowest BCUT2D eigenvalue weighted by atomic mass is 10.1. The standard InChI is InChI=1S/C33H27ClN4O5/c1-2-20-43-33(42)22-10-18-27(19-11-22)38-31(40)28(34)29(32(38)41)36-25-12-8-21(9-13-25)30(39)37-26-16-14-24(15-17-26)35-23-6-4-3-5-7-23/h3-19,35-36H,2,20H2,1H3,(H,37,39). The monoisotopic (exact) mass is 594 g/mol. The zero-order valence-electron chi connectivity index (χ0n) is 23.1. The van der Waals surface area contributed by atoms with Crippen LogP contribution in [0.3, 0.4) is 0 Å². The van der Waals surface area contributed by atoms with Crippen molar-refractivity contribution in [3.63, 3.8) is 0 Å². The number of nitrogens with zero attached hydrogens (tertiary/aromatic N) is 1. The van der Waals surface area contributed by atoms with E-state index in [4.69, 9.17) is 16.3 Å². The van der Waals surface area contributed by atoms with E-state index in [-0.39, 0.29) is 22.3 Å². The molecule has 216 valence electrons. The van der Waals surface area contributed by atoms with Crippen molar-refractivity contribution < 1.29 is 23.9 Å². The van der Waals surface area contributed by atoms with Crippen molar-refractivity contribution in [3.05, 3.63) is 125 Å². The van der Waals surface area contributed by atoms with Crippen molar-refractivity contribution in [1.29, 1.82) is 0 Å². The Labute approximate surface area is 253 Å². The molecule has 0 fully saturated rings. The van der Waals surface area contributed by atoms with Crippen molar-refractivity contribution in [2.75, 3.05) is 27.5 Å². The molecule has 0 atom stereocenters. The first kappa shape index (κ1) is 29.1. The van der Waals surface area contributed by atoms with Gasteiger partial charge in [0.15, 0.2) is 0 Å². The summed E-state index contributed by atoms with van der Waals surface area (Å²) in [5, 5.41) is 8.76. The summed E-state index contributed by atoms with van der Waals surface area (Å²) in [6.07, 6.45) is 0.693. The molecule has 0 saturated heterocycles. The molecule has 1 heterocycles. The Morgan fingerprint density at radius 3 is 1.91 bits per heavy atom. The van der Waals surface area contributed by atoms with Crippen LogP contribution in [0.15, 0.2) is 114 Å². The van der Waals surface area contributed by atoms with Gasteiger partial charge in [0.1, 0.15) is 10.7 Å². The average Bonchev–Trinajstić information content (AvgIpc) is 3.24. The van der Waals surface area contributed by atoms with Crippen LogP contribution in [0.25, 0.3) is 0 Å². The van der Waals surface area contributed by atoms with Gasteiger partial charge in [-0.05, 0) is 91.3 Å². The largest absolute Gasteiger partial charge is 0.462 e. The van der Waals surface area contributed by atoms with E-state index < -0.39 is 17.8 Å². The summed E-state index contributed by atoms with van der Waals surface area (Å²) in [4.78, 5) is 51.8. The lowest BCUT2D eigenvalue weighted by Gasteiger charge is -2.15. The Hall–Kier alpha value is -5.41. The Bertz CT molecular complexity index is 1690. The van der Waals surface area contributed by atoms with E-state index in [2.05, 4.69) is 16.0 Å². The number of benzene rings is 4. The van der Waals surface area contributed by atoms with E-state index in [0.29, 0.717) is 35.5 Å². The molecule has 4 aromatic rings. The number of hydrogen-bond donors (Lipinski definition) is 3. The van der Waals surface area contributed by atoms with E-state index in [1.165, 1.54) is 24.3 Å². The Morgan fingerprint density at radius 1 is 0.698 bits per heavy atom. The van der Waals surface area contributed by atoms with Crippen molar-refractivity contribution in [2.24, 2.45) is 0 Å². The maximum atomic E-state index is 13.1. The van der Waals surface area contributed by atoms with Gasteiger partial charge < -0.3 is 20.7 Å². The number of carbonyl (C=O) groups is 4. The van der Waals surface area contributed by atoms with Gasteiger partial charge in [0.25, 0.3) is 17.7 Å². The molecule has 1 aliphatic heterocycles. The molecule has 0 spiro atoms. The fourth-order valence-corrected chi connectivity index (χ4v) is 4.46. The maximum Gasteiger partial charge on any atom is 0.338 e. The summed E-state index contributed by atoms with van der Waals surface area (Å²) in [5.74, 6) is -2.15. The Morgan fingerprint density at radius 2 is 1.26 bits per heavy atom. The maximum absolute atomic E-state index is 13.1. The first-order valence-corrected chi connectivity index (χ1v) is 13.9. The number of halogens is 1. The van der Waals surface area contributed by atoms with Gasteiger partial charge in [0.2, 0.25) is 0 Å². The third-order valence-electron chi connectivity index (χ3n) is 6.45. The Kier molecular flexibility index (Phi) is 8.83. The van der Waals surface area contributed by atoms with Crippen LogP contribution in [0.1, 0.15) is 34.1 Å². The third-order valence-corrected chi connectivity index (χ3v) is 6.80. The fraction of sp³-hybridized carbons (Fsp3) is 0.0909. The van der Waals surface area contributed by atoms with Crippen LogP contribution in [0.2, 0.25) is 0 Å². The van der Waals surface area contributed by atoms with Crippen LogP contribution >= 0.6 is 11.6 Å². The van der Waals surface area contributed by atoms with Gasteiger partial charge in [0, 0.05) is 28.3 Å². The van der Waals surface area contributed by atoms with Crippen LogP contribution in [-0.4, -0.2) is 30.3 Å². The fourth-order valence-electron chi connectivity index (χ4n) is 4.25. The quantitative estimate of drug-likeness (QED) is 0.138. The molecule has 5 rings (SSSR count). The molecule has 43 heavy (non-hydrogen) atoms. The number of carbonyl (C=O) groups excluding carboxylic acids is 4. The second kappa shape index (κ2) is 13.1. The van der Waals surface area contributed by atoms with Crippen LogP contribution in [-0.2, 0) is 14.3 Å². The molecule has 3 amide bonds. The number of rotatable bonds is 10. The average molecular weight is 595 g/mol. The SMILES string of the molecule is CCCOC(=O)c1ccc(N2C(=O)C(Cl)=C(Nc3ccc(C(=O)Nc4ccc(Nc5ccccc5)cc4)cc3)C2=O)cc1. The lowest BCUT2D eigenvalue weighted by molar-refractivity contribution is -0.120. The summed E-state index contributed by atoms with van der Waals surface area (Å²) in [7, 11) is 0. The van der Waals surface area contributed by atoms with Gasteiger partial charge in [-0.3, -0.25) is 14.4 Å². The number of para-hydroxylation sites is 1. The molecule has 10 heteroatoms. The molecule has 0 aromatic heterocycles. The summed E-state index contributed by atoms with van der Waals surface area (Å²) >= 11 is 6.25. The van der Waals surface area contributed by atoms with Gasteiger partial charge in [-0.25, -0.2) is 9.69 Å². The van der Waals surface area contributed by atoms with Crippen LogP contribution in [0.5, 0.6) is 0 Å².